The van der Waals surface area contributed by atoms with Crippen LogP contribution in [0.5, 0.6) is 0 Å². The fourth-order valence-electron chi connectivity index (χ4n) is 9.17. The van der Waals surface area contributed by atoms with Gasteiger partial charge in [0, 0.05) is 42.4 Å². The van der Waals surface area contributed by atoms with Gasteiger partial charge in [0.05, 0.1) is 0 Å². The number of fused-ring (bicyclic) bond motifs is 4. The standard InChI is InChI=1S/C61H39N3S/c1-5-18-40(19-6-1)48-35-44-26-13-14-29-50(44)53(36-48)45-27-17-28-46(34-45)59-62-60(47-32-33-52-51-30-15-16-31-56(51)65-57(52)39-47)64-61(63-59)55-38-49(41-20-7-2-8-21-41)37-54(42-22-9-3-10-23-42)58(55)43-24-11-4-12-25-43/h1-39H. The lowest BCUT2D eigenvalue weighted by molar-refractivity contribution is 1.08. The molecule has 0 fully saturated rings. The molecule has 2 heterocycles. The van der Waals surface area contributed by atoms with E-state index in [1.54, 1.807) is 11.3 Å². The summed E-state index contributed by atoms with van der Waals surface area (Å²) in [5.74, 6) is 1.84. The third kappa shape index (κ3) is 7.26. The highest BCUT2D eigenvalue weighted by molar-refractivity contribution is 7.25. The number of rotatable bonds is 8. The SMILES string of the molecule is c1ccc(-c2cc(-c3ccccc3)c(-c3ccccc3)c(-c3nc(-c4cccc(-c5cc(-c6ccccc6)cc6ccccc56)c4)nc(-c4ccc5c(c4)sc4ccccc45)n3)c2)cc1. The molecule has 0 aliphatic carbocycles. The summed E-state index contributed by atoms with van der Waals surface area (Å²) >= 11 is 1.80. The van der Waals surface area contributed by atoms with E-state index in [9.17, 15) is 0 Å². The molecule has 0 aliphatic heterocycles. The summed E-state index contributed by atoms with van der Waals surface area (Å²) in [5, 5.41) is 4.87. The largest absolute Gasteiger partial charge is 0.208 e. The van der Waals surface area contributed by atoms with E-state index in [0.29, 0.717) is 17.5 Å². The van der Waals surface area contributed by atoms with E-state index in [2.05, 4.69) is 237 Å². The van der Waals surface area contributed by atoms with Crippen LogP contribution in [-0.2, 0) is 0 Å². The van der Waals surface area contributed by atoms with Gasteiger partial charge in [-0.05, 0) is 103 Å². The molecule has 0 saturated carbocycles. The summed E-state index contributed by atoms with van der Waals surface area (Å²) in [7, 11) is 0. The van der Waals surface area contributed by atoms with Gasteiger partial charge in [0.25, 0.3) is 0 Å². The number of thiophene rings is 1. The summed E-state index contributed by atoms with van der Waals surface area (Å²) in [4.78, 5) is 16.3. The first-order valence-electron chi connectivity index (χ1n) is 21.9. The molecular formula is C61H39N3S. The second-order valence-electron chi connectivity index (χ2n) is 16.4. The molecule has 0 spiro atoms. The summed E-state index contributed by atoms with van der Waals surface area (Å²) in [6.07, 6.45) is 0. The molecule has 0 atom stereocenters. The fraction of sp³-hybridized carbons (Fsp3) is 0. The number of benzene rings is 10. The molecule has 0 radical (unpaired) electrons. The van der Waals surface area contributed by atoms with Gasteiger partial charge in [-0.15, -0.1) is 11.3 Å². The van der Waals surface area contributed by atoms with Crippen LogP contribution in [-0.4, -0.2) is 15.0 Å². The second kappa shape index (κ2) is 16.4. The van der Waals surface area contributed by atoms with E-state index >= 15 is 0 Å². The van der Waals surface area contributed by atoms with Crippen molar-refractivity contribution in [3.05, 3.63) is 237 Å². The zero-order valence-electron chi connectivity index (χ0n) is 35.3. The number of hydrogen-bond acceptors (Lipinski definition) is 4. The van der Waals surface area contributed by atoms with Crippen molar-refractivity contribution in [3.8, 4) is 89.8 Å². The van der Waals surface area contributed by atoms with Gasteiger partial charge in [-0.1, -0.05) is 194 Å². The molecule has 0 saturated heterocycles. The molecule has 304 valence electrons. The lowest BCUT2D eigenvalue weighted by Crippen LogP contribution is -2.02. The zero-order chi connectivity index (χ0) is 43.1. The Morgan fingerprint density at radius 3 is 1.45 bits per heavy atom. The van der Waals surface area contributed by atoms with Crippen LogP contribution in [0.15, 0.2) is 237 Å². The van der Waals surface area contributed by atoms with E-state index in [4.69, 9.17) is 15.0 Å². The number of aromatic nitrogens is 3. The van der Waals surface area contributed by atoms with E-state index in [0.717, 1.165) is 61.2 Å². The Hall–Kier alpha value is -8.31. The van der Waals surface area contributed by atoms with Crippen LogP contribution in [0.3, 0.4) is 0 Å². The van der Waals surface area contributed by atoms with Gasteiger partial charge >= 0.3 is 0 Å². The van der Waals surface area contributed by atoms with Crippen molar-refractivity contribution in [3.63, 3.8) is 0 Å². The lowest BCUT2D eigenvalue weighted by atomic mass is 9.86. The van der Waals surface area contributed by atoms with Crippen molar-refractivity contribution in [1.82, 2.24) is 15.0 Å². The van der Waals surface area contributed by atoms with Crippen LogP contribution in [0, 0.1) is 0 Å². The Morgan fingerprint density at radius 2 is 0.738 bits per heavy atom. The van der Waals surface area contributed by atoms with Gasteiger partial charge in [0.2, 0.25) is 0 Å². The quantitative estimate of drug-likeness (QED) is 0.153. The summed E-state index contributed by atoms with van der Waals surface area (Å²) in [6.45, 7) is 0. The van der Waals surface area contributed by atoms with Gasteiger partial charge < -0.3 is 0 Å². The van der Waals surface area contributed by atoms with Crippen molar-refractivity contribution in [2.45, 2.75) is 0 Å². The van der Waals surface area contributed by atoms with Crippen LogP contribution in [0.1, 0.15) is 0 Å². The van der Waals surface area contributed by atoms with Crippen LogP contribution in [0.4, 0.5) is 0 Å². The molecule has 0 bridgehead atoms. The minimum Gasteiger partial charge on any atom is -0.208 e. The smallest absolute Gasteiger partial charge is 0.164 e. The van der Waals surface area contributed by atoms with Gasteiger partial charge in [-0.25, -0.2) is 15.0 Å². The van der Waals surface area contributed by atoms with Gasteiger partial charge in [-0.3, -0.25) is 0 Å². The summed E-state index contributed by atoms with van der Waals surface area (Å²) in [5.41, 5.74) is 14.0. The van der Waals surface area contributed by atoms with E-state index < -0.39 is 0 Å². The molecule has 12 rings (SSSR count). The molecule has 0 amide bonds. The lowest BCUT2D eigenvalue weighted by Gasteiger charge is -2.19. The first kappa shape index (κ1) is 38.4. The molecule has 65 heavy (non-hydrogen) atoms. The number of hydrogen-bond donors (Lipinski definition) is 0. The van der Waals surface area contributed by atoms with Crippen molar-refractivity contribution in [1.29, 1.82) is 0 Å². The molecule has 3 nitrogen and oxygen atoms in total. The molecule has 12 aromatic rings. The highest BCUT2D eigenvalue weighted by Gasteiger charge is 2.22. The molecule has 4 heteroatoms. The van der Waals surface area contributed by atoms with E-state index in [-0.39, 0.29) is 0 Å². The number of nitrogens with zero attached hydrogens (tertiary/aromatic N) is 3. The molecule has 10 aromatic carbocycles. The topological polar surface area (TPSA) is 38.7 Å². The second-order valence-corrected chi connectivity index (χ2v) is 17.4. The first-order valence-corrected chi connectivity index (χ1v) is 22.7. The van der Waals surface area contributed by atoms with Crippen LogP contribution >= 0.6 is 11.3 Å². The zero-order valence-corrected chi connectivity index (χ0v) is 36.1. The minimum atomic E-state index is 0.609. The van der Waals surface area contributed by atoms with Crippen LogP contribution < -0.4 is 0 Å². The summed E-state index contributed by atoms with van der Waals surface area (Å²) < 4.78 is 2.46. The van der Waals surface area contributed by atoms with Gasteiger partial charge in [0.15, 0.2) is 17.5 Å². The first-order chi connectivity index (χ1) is 32.2. The molecule has 0 N–H and O–H groups in total. The van der Waals surface area contributed by atoms with Crippen molar-refractivity contribution < 1.29 is 0 Å². The predicted molar refractivity (Wildman–Crippen MR) is 274 cm³/mol. The van der Waals surface area contributed by atoms with Gasteiger partial charge in [0.1, 0.15) is 0 Å². The predicted octanol–water partition coefficient (Wildman–Crippen LogP) is 16.7. The van der Waals surface area contributed by atoms with Crippen molar-refractivity contribution >= 4 is 42.3 Å². The monoisotopic (exact) mass is 845 g/mol. The maximum atomic E-state index is 5.49. The molecule has 2 aromatic heterocycles. The highest BCUT2D eigenvalue weighted by atomic mass is 32.1. The Morgan fingerprint density at radius 1 is 0.246 bits per heavy atom. The third-order valence-electron chi connectivity index (χ3n) is 12.3. The molecule has 0 aliphatic rings. The van der Waals surface area contributed by atoms with Crippen molar-refractivity contribution in [2.75, 3.05) is 0 Å². The Labute approximate surface area is 381 Å². The van der Waals surface area contributed by atoms with Crippen molar-refractivity contribution in [2.24, 2.45) is 0 Å². The average molecular weight is 846 g/mol. The average Bonchev–Trinajstić information content (AvgIpc) is 3.77. The maximum absolute atomic E-state index is 5.49. The maximum Gasteiger partial charge on any atom is 0.164 e. The minimum absolute atomic E-state index is 0.609. The highest BCUT2D eigenvalue weighted by Crippen LogP contribution is 2.44. The fourth-order valence-corrected chi connectivity index (χ4v) is 10.3. The third-order valence-corrected chi connectivity index (χ3v) is 13.4. The molecular weight excluding hydrogens is 807 g/mol. The van der Waals surface area contributed by atoms with E-state index in [1.807, 2.05) is 0 Å². The van der Waals surface area contributed by atoms with Gasteiger partial charge in [-0.2, -0.15) is 0 Å². The normalized spacial score (nSPS) is 11.4. The van der Waals surface area contributed by atoms with Crippen LogP contribution in [0.25, 0.3) is 121 Å². The Kier molecular flexibility index (Phi) is 9.70. The Bertz CT molecular complexity index is 3700. The Balaban J connectivity index is 1.12. The molecule has 0 unspecified atom stereocenters. The van der Waals surface area contributed by atoms with Crippen LogP contribution in [0.2, 0.25) is 0 Å². The summed E-state index contributed by atoms with van der Waals surface area (Å²) in [6, 6.07) is 84.2. The van der Waals surface area contributed by atoms with E-state index in [1.165, 1.54) is 42.1 Å².